The average molecular weight is 527 g/mol. The standard InChI is InChI=1S/C28H28Cl2N2O4/c1-36-22-5-6-26-24(16-22)23(8-10-31-26)27(33)7-4-19-9-12-32(17-25(19)28(34)35)11-2-3-18-13-20(29)15-21(30)14-18/h5-6,8,10,13-16,19,25,27,33H,4,7,9,11-12,17H2,1H3,(H,34,35)/t19-,25+,27?/m1/s1. The topological polar surface area (TPSA) is 82.9 Å². The molecule has 3 aromatic rings. The molecule has 0 spiro atoms. The van der Waals surface area contributed by atoms with Crippen molar-refractivity contribution in [2.45, 2.75) is 25.4 Å². The quantitative estimate of drug-likeness (QED) is 0.399. The van der Waals surface area contributed by atoms with Crippen LogP contribution in [-0.4, -0.2) is 52.8 Å². The van der Waals surface area contributed by atoms with Crippen LogP contribution in [0.4, 0.5) is 0 Å². The molecule has 0 aliphatic carbocycles. The average Bonchev–Trinajstić information content (AvgIpc) is 2.86. The molecule has 1 aliphatic rings. The van der Waals surface area contributed by atoms with Gasteiger partial charge in [-0.15, -0.1) is 0 Å². The van der Waals surface area contributed by atoms with Crippen molar-refractivity contribution in [1.82, 2.24) is 9.88 Å². The van der Waals surface area contributed by atoms with Crippen molar-refractivity contribution >= 4 is 40.1 Å². The Kier molecular flexibility index (Phi) is 8.71. The number of likely N-dealkylation sites (tertiary alicyclic amines) is 1. The molecular weight excluding hydrogens is 499 g/mol. The van der Waals surface area contributed by atoms with Gasteiger partial charge in [-0.1, -0.05) is 35.0 Å². The number of halogens is 2. The molecule has 1 saturated heterocycles. The molecule has 2 heterocycles. The number of carboxylic acid groups (broad SMARTS) is 1. The molecule has 6 nitrogen and oxygen atoms in total. The highest BCUT2D eigenvalue weighted by atomic mass is 35.5. The van der Waals surface area contributed by atoms with Crippen molar-refractivity contribution in [3.63, 3.8) is 0 Å². The lowest BCUT2D eigenvalue weighted by molar-refractivity contribution is -0.146. The monoisotopic (exact) mass is 526 g/mol. The molecule has 188 valence electrons. The molecule has 2 N–H and O–H groups in total. The van der Waals surface area contributed by atoms with E-state index in [4.69, 9.17) is 27.9 Å². The van der Waals surface area contributed by atoms with Crippen LogP contribution >= 0.6 is 23.2 Å². The molecule has 0 bridgehead atoms. The van der Waals surface area contributed by atoms with Crippen molar-refractivity contribution < 1.29 is 19.7 Å². The molecule has 1 aromatic heterocycles. The predicted molar refractivity (Wildman–Crippen MR) is 142 cm³/mol. The maximum absolute atomic E-state index is 12.1. The Morgan fingerprint density at radius 3 is 2.72 bits per heavy atom. The fraction of sp³-hybridized carbons (Fsp3) is 0.357. The number of piperidine rings is 1. The van der Waals surface area contributed by atoms with E-state index in [9.17, 15) is 15.0 Å². The molecule has 1 fully saturated rings. The fourth-order valence-electron chi connectivity index (χ4n) is 4.81. The van der Waals surface area contributed by atoms with Crippen LogP contribution in [0.5, 0.6) is 5.75 Å². The Morgan fingerprint density at radius 1 is 1.22 bits per heavy atom. The second-order valence-electron chi connectivity index (χ2n) is 9.06. The number of methoxy groups -OCH3 is 1. The van der Waals surface area contributed by atoms with Crippen LogP contribution in [0.25, 0.3) is 10.9 Å². The Bertz CT molecular complexity index is 1280. The lowest BCUT2D eigenvalue weighted by Crippen LogP contribution is -2.44. The first kappa shape index (κ1) is 26.2. The van der Waals surface area contributed by atoms with Crippen LogP contribution in [0, 0.1) is 23.7 Å². The third kappa shape index (κ3) is 6.48. The van der Waals surface area contributed by atoms with E-state index in [0.717, 1.165) is 35.0 Å². The first-order valence-electron chi connectivity index (χ1n) is 11.8. The van der Waals surface area contributed by atoms with Gasteiger partial charge < -0.3 is 14.9 Å². The highest BCUT2D eigenvalue weighted by molar-refractivity contribution is 6.34. The predicted octanol–water partition coefficient (Wildman–Crippen LogP) is 5.44. The van der Waals surface area contributed by atoms with Gasteiger partial charge in [0, 0.05) is 33.7 Å². The van der Waals surface area contributed by atoms with Crippen LogP contribution in [0.2, 0.25) is 10.0 Å². The molecular formula is C28H28Cl2N2O4. The lowest BCUT2D eigenvalue weighted by Gasteiger charge is -2.36. The molecule has 8 heteroatoms. The number of pyridine rings is 1. The second-order valence-corrected chi connectivity index (χ2v) is 9.94. The normalized spacial score (nSPS) is 18.9. The Labute approximate surface area is 220 Å². The van der Waals surface area contributed by atoms with E-state index in [0.29, 0.717) is 41.7 Å². The largest absolute Gasteiger partial charge is 0.497 e. The molecule has 1 aliphatic heterocycles. The molecule has 0 saturated carbocycles. The van der Waals surface area contributed by atoms with Crippen LogP contribution in [0.3, 0.4) is 0 Å². The van der Waals surface area contributed by atoms with Crippen LogP contribution in [-0.2, 0) is 4.79 Å². The van der Waals surface area contributed by atoms with E-state index >= 15 is 0 Å². The third-order valence-electron chi connectivity index (χ3n) is 6.71. The summed E-state index contributed by atoms with van der Waals surface area (Å²) in [6, 6.07) is 12.5. The SMILES string of the molecule is COc1ccc2nccc(C(O)CC[C@@H]3CCN(CC#Cc4cc(Cl)cc(Cl)c4)C[C@@H]3C(=O)O)c2c1. The Balaban J connectivity index is 1.38. The van der Waals surface area contributed by atoms with Gasteiger partial charge in [-0.3, -0.25) is 14.7 Å². The number of fused-ring (bicyclic) bond motifs is 1. The molecule has 1 unspecified atom stereocenters. The van der Waals surface area contributed by atoms with Crippen LogP contribution < -0.4 is 4.74 Å². The van der Waals surface area contributed by atoms with Gasteiger partial charge in [0.25, 0.3) is 0 Å². The number of aliphatic hydroxyl groups is 1. The zero-order valence-corrected chi connectivity index (χ0v) is 21.5. The van der Waals surface area contributed by atoms with Crippen LogP contribution in [0.1, 0.15) is 36.5 Å². The fourth-order valence-corrected chi connectivity index (χ4v) is 5.33. The number of aliphatic carboxylic acids is 1. The number of benzene rings is 2. The zero-order valence-electron chi connectivity index (χ0n) is 20.0. The number of ether oxygens (including phenoxy) is 1. The number of rotatable bonds is 7. The third-order valence-corrected chi connectivity index (χ3v) is 7.14. The number of hydrogen-bond acceptors (Lipinski definition) is 5. The second kappa shape index (κ2) is 11.9. The van der Waals surface area contributed by atoms with Crippen molar-refractivity contribution in [2.24, 2.45) is 11.8 Å². The molecule has 3 atom stereocenters. The van der Waals surface area contributed by atoms with Gasteiger partial charge in [0.15, 0.2) is 0 Å². The summed E-state index contributed by atoms with van der Waals surface area (Å²) in [4.78, 5) is 18.5. The van der Waals surface area contributed by atoms with Crippen molar-refractivity contribution in [3.8, 4) is 17.6 Å². The van der Waals surface area contributed by atoms with Crippen molar-refractivity contribution in [1.29, 1.82) is 0 Å². The summed E-state index contributed by atoms with van der Waals surface area (Å²) >= 11 is 12.1. The number of hydrogen-bond donors (Lipinski definition) is 2. The smallest absolute Gasteiger partial charge is 0.308 e. The van der Waals surface area contributed by atoms with Gasteiger partial charge in [0.2, 0.25) is 0 Å². The lowest BCUT2D eigenvalue weighted by atomic mass is 9.81. The summed E-state index contributed by atoms with van der Waals surface area (Å²) in [7, 11) is 1.60. The van der Waals surface area contributed by atoms with E-state index in [1.807, 2.05) is 24.3 Å². The molecule has 0 radical (unpaired) electrons. The number of aromatic nitrogens is 1. The van der Waals surface area contributed by atoms with E-state index in [1.54, 1.807) is 31.5 Å². The molecule has 36 heavy (non-hydrogen) atoms. The van der Waals surface area contributed by atoms with E-state index in [1.165, 1.54) is 0 Å². The Morgan fingerprint density at radius 2 is 2.00 bits per heavy atom. The number of nitrogens with zero attached hydrogens (tertiary/aromatic N) is 2. The van der Waals surface area contributed by atoms with Gasteiger partial charge in [-0.2, -0.15) is 0 Å². The minimum atomic E-state index is -0.812. The van der Waals surface area contributed by atoms with Gasteiger partial charge >= 0.3 is 5.97 Å². The summed E-state index contributed by atoms with van der Waals surface area (Å²) < 4.78 is 5.33. The van der Waals surface area contributed by atoms with Crippen molar-refractivity contribution in [2.75, 3.05) is 26.7 Å². The number of carboxylic acids is 1. The first-order chi connectivity index (χ1) is 17.3. The maximum Gasteiger partial charge on any atom is 0.308 e. The molecule has 2 aromatic carbocycles. The molecule has 0 amide bonds. The van der Waals surface area contributed by atoms with Gasteiger partial charge in [-0.25, -0.2) is 0 Å². The summed E-state index contributed by atoms with van der Waals surface area (Å²) in [5.41, 5.74) is 2.29. The summed E-state index contributed by atoms with van der Waals surface area (Å²) in [5, 5.41) is 22.8. The summed E-state index contributed by atoms with van der Waals surface area (Å²) in [5.74, 6) is 5.52. The van der Waals surface area contributed by atoms with E-state index in [-0.39, 0.29) is 5.92 Å². The van der Waals surface area contributed by atoms with Crippen LogP contribution in [0.15, 0.2) is 48.7 Å². The minimum absolute atomic E-state index is 0.0178. The first-order valence-corrected chi connectivity index (χ1v) is 12.6. The van der Waals surface area contributed by atoms with E-state index < -0.39 is 18.0 Å². The van der Waals surface area contributed by atoms with Crippen molar-refractivity contribution in [3.05, 3.63) is 69.8 Å². The van der Waals surface area contributed by atoms with E-state index in [2.05, 4.69) is 21.7 Å². The van der Waals surface area contributed by atoms with Gasteiger partial charge in [0.05, 0.1) is 31.2 Å². The summed E-state index contributed by atoms with van der Waals surface area (Å²) in [6.07, 6.45) is 2.79. The van der Waals surface area contributed by atoms with Gasteiger partial charge in [0.1, 0.15) is 5.75 Å². The van der Waals surface area contributed by atoms with Gasteiger partial charge in [-0.05, 0) is 79.8 Å². The number of aliphatic hydroxyl groups excluding tert-OH is 1. The minimum Gasteiger partial charge on any atom is -0.497 e. The Hall–Kier alpha value is -2.82. The zero-order chi connectivity index (χ0) is 25.7. The molecule has 4 rings (SSSR count). The highest BCUT2D eigenvalue weighted by Crippen LogP contribution is 2.33. The highest BCUT2D eigenvalue weighted by Gasteiger charge is 2.34. The summed E-state index contributed by atoms with van der Waals surface area (Å²) in [6.45, 7) is 1.65. The maximum atomic E-state index is 12.1. The number of carbonyl (C=O) groups is 1.